The van der Waals surface area contributed by atoms with E-state index in [1.807, 2.05) is 32.0 Å². The number of hydrogen-bond donors (Lipinski definition) is 0. The van der Waals surface area contributed by atoms with Crippen molar-refractivity contribution in [1.82, 2.24) is 9.88 Å². The number of rotatable bonds is 6. The molecule has 0 fully saturated rings. The molecule has 2 rings (SSSR count). The summed E-state index contributed by atoms with van der Waals surface area (Å²) in [5.74, 6) is 0.0623. The molecule has 0 bridgehead atoms. The zero-order valence-corrected chi connectivity index (χ0v) is 12.5. The van der Waals surface area contributed by atoms with Gasteiger partial charge in [-0.15, -0.1) is 6.58 Å². The van der Waals surface area contributed by atoms with E-state index in [1.165, 1.54) is 0 Å². The van der Waals surface area contributed by atoms with Crippen LogP contribution in [0.3, 0.4) is 0 Å². The summed E-state index contributed by atoms with van der Waals surface area (Å²) in [4.78, 5) is 23.6. The Bertz CT molecular complexity index is 526. The number of carbonyl (C=O) groups is 1. The van der Waals surface area contributed by atoms with Crippen LogP contribution < -0.4 is 0 Å². The summed E-state index contributed by atoms with van der Waals surface area (Å²) in [5.41, 5.74) is 1.65. The largest absolute Gasteiger partial charge is 0.390 e. The molecule has 1 aromatic rings. The Morgan fingerprint density at radius 1 is 1.57 bits per heavy atom. The monoisotopic (exact) mass is 287 g/mol. The maximum absolute atomic E-state index is 12.1. The van der Waals surface area contributed by atoms with Crippen LogP contribution in [0.25, 0.3) is 0 Å². The van der Waals surface area contributed by atoms with Crippen LogP contribution in [0.1, 0.15) is 26.0 Å². The standard InChI is InChI=1S/C16H21N3O2/c1-4-9-19(16(20)12(2)3)11-13-10-15(18-21-13)14-7-5-6-8-17-14/h4-8,12-13H,1,9-11H2,2-3H3/t13-/m0/s1. The van der Waals surface area contributed by atoms with Crippen molar-refractivity contribution in [3.8, 4) is 0 Å². The maximum Gasteiger partial charge on any atom is 0.225 e. The Morgan fingerprint density at radius 2 is 2.38 bits per heavy atom. The quantitative estimate of drug-likeness (QED) is 0.754. The molecule has 0 aromatic carbocycles. The summed E-state index contributed by atoms with van der Waals surface area (Å²) in [6.45, 7) is 8.53. The number of aromatic nitrogens is 1. The number of amides is 1. The third kappa shape index (κ3) is 3.90. The molecule has 21 heavy (non-hydrogen) atoms. The zero-order chi connectivity index (χ0) is 15.2. The van der Waals surface area contributed by atoms with Gasteiger partial charge in [-0.2, -0.15) is 0 Å². The third-order valence-electron chi connectivity index (χ3n) is 3.27. The van der Waals surface area contributed by atoms with E-state index in [0.717, 1.165) is 11.4 Å². The molecule has 1 aliphatic heterocycles. The van der Waals surface area contributed by atoms with Crippen LogP contribution in [0.15, 0.2) is 42.2 Å². The van der Waals surface area contributed by atoms with Gasteiger partial charge in [0.15, 0.2) is 6.10 Å². The lowest BCUT2D eigenvalue weighted by Gasteiger charge is -2.25. The molecule has 1 atom stereocenters. The van der Waals surface area contributed by atoms with Gasteiger partial charge in [-0.25, -0.2) is 0 Å². The molecule has 1 aromatic heterocycles. The van der Waals surface area contributed by atoms with Crippen LogP contribution in [-0.2, 0) is 9.63 Å². The van der Waals surface area contributed by atoms with Gasteiger partial charge in [0.2, 0.25) is 5.91 Å². The van der Waals surface area contributed by atoms with Crippen LogP contribution in [0.2, 0.25) is 0 Å². The first-order chi connectivity index (χ1) is 10.1. The zero-order valence-electron chi connectivity index (χ0n) is 12.5. The Balaban J connectivity index is 1.96. The van der Waals surface area contributed by atoms with Gasteiger partial charge in [-0.1, -0.05) is 31.1 Å². The van der Waals surface area contributed by atoms with Gasteiger partial charge in [-0.05, 0) is 12.1 Å². The number of pyridine rings is 1. The van der Waals surface area contributed by atoms with Gasteiger partial charge in [0, 0.05) is 25.1 Å². The van der Waals surface area contributed by atoms with Gasteiger partial charge in [0.25, 0.3) is 0 Å². The maximum atomic E-state index is 12.1. The van der Waals surface area contributed by atoms with Crippen LogP contribution >= 0.6 is 0 Å². The van der Waals surface area contributed by atoms with Crippen LogP contribution in [-0.4, -0.2) is 40.7 Å². The molecule has 1 amide bonds. The van der Waals surface area contributed by atoms with Gasteiger partial charge < -0.3 is 9.74 Å². The smallest absolute Gasteiger partial charge is 0.225 e. The Morgan fingerprint density at radius 3 is 3.00 bits per heavy atom. The van der Waals surface area contributed by atoms with E-state index in [2.05, 4.69) is 16.7 Å². The predicted octanol–water partition coefficient (Wildman–Crippen LogP) is 2.25. The van der Waals surface area contributed by atoms with Crippen molar-refractivity contribution in [1.29, 1.82) is 0 Å². The highest BCUT2D eigenvalue weighted by Gasteiger charge is 2.27. The normalized spacial score (nSPS) is 17.3. The highest BCUT2D eigenvalue weighted by atomic mass is 16.6. The van der Waals surface area contributed by atoms with E-state index in [1.54, 1.807) is 17.2 Å². The molecule has 0 radical (unpaired) electrons. The number of hydrogen-bond acceptors (Lipinski definition) is 4. The average Bonchev–Trinajstić information content (AvgIpc) is 2.95. The summed E-state index contributed by atoms with van der Waals surface area (Å²) in [5, 5.41) is 4.10. The summed E-state index contributed by atoms with van der Waals surface area (Å²) >= 11 is 0. The third-order valence-corrected chi connectivity index (χ3v) is 3.27. The van der Waals surface area contributed by atoms with Gasteiger partial charge in [0.1, 0.15) is 5.71 Å². The van der Waals surface area contributed by atoms with Crippen LogP contribution in [0.5, 0.6) is 0 Å². The molecule has 5 nitrogen and oxygen atoms in total. The van der Waals surface area contributed by atoms with Crippen molar-refractivity contribution < 1.29 is 9.63 Å². The summed E-state index contributed by atoms with van der Waals surface area (Å²) < 4.78 is 0. The van der Waals surface area contributed by atoms with E-state index < -0.39 is 0 Å². The van der Waals surface area contributed by atoms with Crippen LogP contribution in [0.4, 0.5) is 0 Å². The van der Waals surface area contributed by atoms with Crippen molar-refractivity contribution in [2.24, 2.45) is 11.1 Å². The Labute approximate surface area is 125 Å². The summed E-state index contributed by atoms with van der Waals surface area (Å²) in [6, 6.07) is 5.69. The lowest BCUT2D eigenvalue weighted by molar-refractivity contribution is -0.135. The predicted molar refractivity (Wildman–Crippen MR) is 81.9 cm³/mol. The minimum atomic E-state index is -0.121. The van der Waals surface area contributed by atoms with E-state index in [4.69, 9.17) is 4.84 Å². The molecule has 0 saturated heterocycles. The number of nitrogens with zero attached hydrogens (tertiary/aromatic N) is 3. The highest BCUT2D eigenvalue weighted by Crippen LogP contribution is 2.17. The van der Waals surface area contributed by atoms with Crippen molar-refractivity contribution in [2.45, 2.75) is 26.4 Å². The lowest BCUT2D eigenvalue weighted by atomic mass is 10.1. The summed E-state index contributed by atoms with van der Waals surface area (Å²) in [6.07, 6.45) is 4.01. The molecule has 112 valence electrons. The van der Waals surface area contributed by atoms with Gasteiger partial charge in [0.05, 0.1) is 12.2 Å². The van der Waals surface area contributed by atoms with E-state index >= 15 is 0 Å². The average molecular weight is 287 g/mol. The van der Waals surface area contributed by atoms with E-state index in [9.17, 15) is 4.79 Å². The first-order valence-corrected chi connectivity index (χ1v) is 7.15. The SMILES string of the molecule is C=CCN(C[C@@H]1CC(c2ccccn2)=NO1)C(=O)C(C)C. The molecule has 0 saturated carbocycles. The molecule has 0 spiro atoms. The van der Waals surface area contributed by atoms with Crippen molar-refractivity contribution in [2.75, 3.05) is 13.1 Å². The molecular formula is C16H21N3O2. The number of carbonyl (C=O) groups excluding carboxylic acids is 1. The van der Waals surface area contributed by atoms with E-state index in [0.29, 0.717) is 19.5 Å². The first kappa shape index (κ1) is 15.2. The molecule has 0 aliphatic carbocycles. The summed E-state index contributed by atoms with van der Waals surface area (Å²) in [7, 11) is 0. The topological polar surface area (TPSA) is 54.8 Å². The minimum Gasteiger partial charge on any atom is -0.390 e. The second kappa shape index (κ2) is 7.02. The molecule has 5 heteroatoms. The Kier molecular flexibility index (Phi) is 5.09. The van der Waals surface area contributed by atoms with Crippen molar-refractivity contribution >= 4 is 11.6 Å². The number of oxime groups is 1. The fourth-order valence-electron chi connectivity index (χ4n) is 2.23. The second-order valence-electron chi connectivity index (χ2n) is 5.37. The van der Waals surface area contributed by atoms with Crippen LogP contribution in [0, 0.1) is 5.92 Å². The molecule has 0 unspecified atom stereocenters. The molecule has 1 aliphatic rings. The molecule has 0 N–H and O–H groups in total. The minimum absolute atomic E-state index is 0.0393. The Hall–Kier alpha value is -2.17. The van der Waals surface area contributed by atoms with E-state index in [-0.39, 0.29) is 17.9 Å². The first-order valence-electron chi connectivity index (χ1n) is 7.15. The molecular weight excluding hydrogens is 266 g/mol. The highest BCUT2D eigenvalue weighted by molar-refractivity contribution is 5.99. The lowest BCUT2D eigenvalue weighted by Crippen LogP contribution is -2.40. The van der Waals surface area contributed by atoms with Crippen molar-refractivity contribution in [3.05, 3.63) is 42.7 Å². The fraction of sp³-hybridized carbons (Fsp3) is 0.438. The molecule has 2 heterocycles. The van der Waals surface area contributed by atoms with Crippen molar-refractivity contribution in [3.63, 3.8) is 0 Å². The fourth-order valence-corrected chi connectivity index (χ4v) is 2.23. The second-order valence-corrected chi connectivity index (χ2v) is 5.37. The van der Waals surface area contributed by atoms with Gasteiger partial charge >= 0.3 is 0 Å². The van der Waals surface area contributed by atoms with Gasteiger partial charge in [-0.3, -0.25) is 9.78 Å².